The van der Waals surface area contributed by atoms with Crippen molar-refractivity contribution in [3.63, 3.8) is 0 Å². The monoisotopic (exact) mass is 391 g/mol. The van der Waals surface area contributed by atoms with E-state index in [4.69, 9.17) is 0 Å². The number of rotatable bonds is 6. The molecule has 0 radical (unpaired) electrons. The molecule has 4 rings (SSSR count). The van der Waals surface area contributed by atoms with Crippen molar-refractivity contribution < 1.29 is 9.59 Å². The van der Waals surface area contributed by atoms with Crippen LogP contribution in [0.5, 0.6) is 0 Å². The Kier molecular flexibility index (Phi) is 5.95. The molecule has 0 aromatic heterocycles. The molecule has 0 bridgehead atoms. The number of nitrogens with zero attached hydrogens (tertiary/aromatic N) is 2. The molecule has 152 valence electrons. The van der Waals surface area contributed by atoms with Gasteiger partial charge in [-0.1, -0.05) is 42.5 Å². The predicted molar refractivity (Wildman–Crippen MR) is 115 cm³/mol. The lowest BCUT2D eigenvalue weighted by Gasteiger charge is -2.30. The number of hydrogen-bond acceptors (Lipinski definition) is 3. The molecule has 5 heteroatoms. The standard InChI is InChI=1S/C24H29N3O2/c1-18-9-5-6-12-20(18)22(26-15-7-8-16-26)17-25-24(29)21-13-14-23(28)27(21)19-10-3-2-4-11-19/h2-6,9-12,21-22H,7-8,13-17H2,1H3,(H,25,29). The van der Waals surface area contributed by atoms with Gasteiger partial charge in [0.2, 0.25) is 11.8 Å². The molecule has 2 aromatic rings. The van der Waals surface area contributed by atoms with Crippen molar-refractivity contribution >= 4 is 17.5 Å². The molecule has 0 spiro atoms. The number of carbonyl (C=O) groups is 2. The van der Waals surface area contributed by atoms with Crippen LogP contribution in [0, 0.1) is 6.92 Å². The topological polar surface area (TPSA) is 52.7 Å². The van der Waals surface area contributed by atoms with Crippen LogP contribution in [0.1, 0.15) is 42.9 Å². The molecule has 0 saturated carbocycles. The summed E-state index contributed by atoms with van der Waals surface area (Å²) in [6.07, 6.45) is 3.39. The molecule has 2 saturated heterocycles. The van der Waals surface area contributed by atoms with E-state index in [0.29, 0.717) is 19.4 Å². The SMILES string of the molecule is Cc1ccccc1C(CNC(=O)C1CCC(=O)N1c1ccccc1)N1CCCC1. The Morgan fingerprint density at radius 2 is 1.76 bits per heavy atom. The maximum Gasteiger partial charge on any atom is 0.243 e. The Balaban J connectivity index is 1.49. The van der Waals surface area contributed by atoms with Gasteiger partial charge >= 0.3 is 0 Å². The molecule has 2 unspecified atom stereocenters. The lowest BCUT2D eigenvalue weighted by atomic mass is 10.00. The van der Waals surface area contributed by atoms with Crippen LogP contribution in [0.2, 0.25) is 0 Å². The lowest BCUT2D eigenvalue weighted by molar-refractivity contribution is -0.124. The fraction of sp³-hybridized carbons (Fsp3) is 0.417. The summed E-state index contributed by atoms with van der Waals surface area (Å²) < 4.78 is 0. The Bertz CT molecular complexity index is 861. The maximum absolute atomic E-state index is 13.1. The van der Waals surface area contributed by atoms with E-state index in [-0.39, 0.29) is 17.9 Å². The van der Waals surface area contributed by atoms with Crippen molar-refractivity contribution in [3.8, 4) is 0 Å². The second kappa shape index (κ2) is 8.78. The van der Waals surface area contributed by atoms with Gasteiger partial charge in [0.1, 0.15) is 6.04 Å². The largest absolute Gasteiger partial charge is 0.352 e. The highest BCUT2D eigenvalue weighted by atomic mass is 16.2. The summed E-state index contributed by atoms with van der Waals surface area (Å²) in [7, 11) is 0. The van der Waals surface area contributed by atoms with Gasteiger partial charge in [-0.25, -0.2) is 0 Å². The molecular formula is C24H29N3O2. The molecule has 29 heavy (non-hydrogen) atoms. The van der Waals surface area contributed by atoms with Gasteiger partial charge in [0, 0.05) is 18.7 Å². The molecule has 2 atom stereocenters. The summed E-state index contributed by atoms with van der Waals surface area (Å²) in [6.45, 7) is 4.82. The first-order chi connectivity index (χ1) is 14.1. The van der Waals surface area contributed by atoms with E-state index in [1.54, 1.807) is 4.90 Å². The van der Waals surface area contributed by atoms with E-state index >= 15 is 0 Å². The molecule has 2 heterocycles. The predicted octanol–water partition coefficient (Wildman–Crippen LogP) is 3.44. The minimum atomic E-state index is -0.430. The molecular weight excluding hydrogens is 362 g/mol. The van der Waals surface area contributed by atoms with E-state index in [1.165, 1.54) is 24.0 Å². The summed E-state index contributed by atoms with van der Waals surface area (Å²) in [6, 6.07) is 17.7. The van der Waals surface area contributed by atoms with Gasteiger partial charge in [0.05, 0.1) is 6.04 Å². The van der Waals surface area contributed by atoms with E-state index in [9.17, 15) is 9.59 Å². The molecule has 1 N–H and O–H groups in total. The number of para-hydroxylation sites is 1. The van der Waals surface area contributed by atoms with Crippen LogP contribution in [0.15, 0.2) is 54.6 Å². The van der Waals surface area contributed by atoms with Crippen molar-refractivity contribution in [2.24, 2.45) is 0 Å². The van der Waals surface area contributed by atoms with Crippen molar-refractivity contribution in [2.75, 3.05) is 24.5 Å². The molecule has 2 aliphatic heterocycles. The normalized spacial score (nSPS) is 20.8. The van der Waals surface area contributed by atoms with Gasteiger partial charge < -0.3 is 5.32 Å². The Hall–Kier alpha value is -2.66. The number of likely N-dealkylation sites (tertiary alicyclic amines) is 1. The van der Waals surface area contributed by atoms with Gasteiger partial charge in [-0.05, 0) is 62.5 Å². The Labute approximate surface area is 172 Å². The van der Waals surface area contributed by atoms with Crippen molar-refractivity contribution in [2.45, 2.75) is 44.7 Å². The second-order valence-electron chi connectivity index (χ2n) is 8.01. The van der Waals surface area contributed by atoms with E-state index in [0.717, 1.165) is 18.8 Å². The van der Waals surface area contributed by atoms with Crippen LogP contribution in [0.25, 0.3) is 0 Å². The molecule has 2 amide bonds. The zero-order valence-electron chi connectivity index (χ0n) is 17.0. The first kappa shape index (κ1) is 19.6. The third-order valence-corrected chi connectivity index (χ3v) is 6.15. The average Bonchev–Trinajstić information content (AvgIpc) is 3.40. The molecule has 0 aliphatic carbocycles. The first-order valence-electron chi connectivity index (χ1n) is 10.6. The van der Waals surface area contributed by atoms with Gasteiger partial charge in [-0.3, -0.25) is 19.4 Å². The fourth-order valence-corrected chi connectivity index (χ4v) is 4.61. The van der Waals surface area contributed by atoms with Crippen molar-refractivity contribution in [1.29, 1.82) is 0 Å². The zero-order valence-corrected chi connectivity index (χ0v) is 17.0. The summed E-state index contributed by atoms with van der Waals surface area (Å²) >= 11 is 0. The van der Waals surface area contributed by atoms with Crippen LogP contribution in [-0.4, -0.2) is 42.4 Å². The van der Waals surface area contributed by atoms with Crippen LogP contribution in [0.3, 0.4) is 0 Å². The average molecular weight is 392 g/mol. The number of amides is 2. The van der Waals surface area contributed by atoms with Crippen LogP contribution in [0.4, 0.5) is 5.69 Å². The minimum Gasteiger partial charge on any atom is -0.352 e. The van der Waals surface area contributed by atoms with Gasteiger partial charge in [-0.15, -0.1) is 0 Å². The van der Waals surface area contributed by atoms with Crippen LogP contribution >= 0.6 is 0 Å². The highest BCUT2D eigenvalue weighted by Crippen LogP contribution is 2.29. The van der Waals surface area contributed by atoms with Crippen LogP contribution in [-0.2, 0) is 9.59 Å². The zero-order chi connectivity index (χ0) is 20.2. The number of nitrogens with one attached hydrogen (secondary N) is 1. The third kappa shape index (κ3) is 4.20. The third-order valence-electron chi connectivity index (χ3n) is 6.15. The summed E-state index contributed by atoms with van der Waals surface area (Å²) in [5.41, 5.74) is 3.32. The van der Waals surface area contributed by atoms with Gasteiger partial charge in [0.15, 0.2) is 0 Å². The highest BCUT2D eigenvalue weighted by molar-refractivity contribution is 6.03. The number of hydrogen-bond donors (Lipinski definition) is 1. The highest BCUT2D eigenvalue weighted by Gasteiger charge is 2.37. The van der Waals surface area contributed by atoms with Crippen LogP contribution < -0.4 is 10.2 Å². The quantitative estimate of drug-likeness (QED) is 0.821. The van der Waals surface area contributed by atoms with Gasteiger partial charge in [0.25, 0.3) is 0 Å². The molecule has 2 aromatic carbocycles. The van der Waals surface area contributed by atoms with Crippen molar-refractivity contribution in [3.05, 3.63) is 65.7 Å². The van der Waals surface area contributed by atoms with E-state index < -0.39 is 6.04 Å². The Morgan fingerprint density at radius 1 is 1.07 bits per heavy atom. The first-order valence-corrected chi connectivity index (χ1v) is 10.6. The lowest BCUT2D eigenvalue weighted by Crippen LogP contribution is -2.47. The van der Waals surface area contributed by atoms with Crippen molar-refractivity contribution in [1.82, 2.24) is 10.2 Å². The number of benzene rings is 2. The molecule has 2 aliphatic rings. The number of carbonyl (C=O) groups excluding carboxylic acids is 2. The minimum absolute atomic E-state index is 0.0198. The molecule has 5 nitrogen and oxygen atoms in total. The Morgan fingerprint density at radius 3 is 2.48 bits per heavy atom. The maximum atomic E-state index is 13.1. The fourth-order valence-electron chi connectivity index (χ4n) is 4.61. The summed E-state index contributed by atoms with van der Waals surface area (Å²) in [5.74, 6) is -0.0381. The molecule has 2 fully saturated rings. The van der Waals surface area contributed by atoms with Gasteiger partial charge in [-0.2, -0.15) is 0 Å². The van der Waals surface area contributed by atoms with E-state index in [1.807, 2.05) is 30.3 Å². The summed E-state index contributed by atoms with van der Waals surface area (Å²) in [5, 5.41) is 3.17. The second-order valence-corrected chi connectivity index (χ2v) is 8.01. The number of anilines is 1. The summed E-state index contributed by atoms with van der Waals surface area (Å²) in [4.78, 5) is 29.7. The number of aryl methyl sites for hydroxylation is 1. The van der Waals surface area contributed by atoms with E-state index in [2.05, 4.69) is 41.4 Å². The smallest absolute Gasteiger partial charge is 0.243 e.